The van der Waals surface area contributed by atoms with Gasteiger partial charge in [0.1, 0.15) is 0 Å². The Balaban J connectivity index is 2.20. The topological polar surface area (TPSA) is 38.5 Å². The lowest BCUT2D eigenvalue weighted by molar-refractivity contribution is 0.0384. The van der Waals surface area contributed by atoms with Crippen molar-refractivity contribution in [2.75, 3.05) is 24.6 Å². The molecule has 0 aromatic heterocycles. The fraction of sp³-hybridized carbons (Fsp3) is 0.538. The summed E-state index contributed by atoms with van der Waals surface area (Å²) >= 11 is 5.99. The average molecular weight is 255 g/mol. The van der Waals surface area contributed by atoms with Crippen molar-refractivity contribution in [3.63, 3.8) is 0 Å². The van der Waals surface area contributed by atoms with Gasteiger partial charge in [-0.2, -0.15) is 0 Å². The third-order valence-electron chi connectivity index (χ3n) is 3.20. The summed E-state index contributed by atoms with van der Waals surface area (Å²) in [7, 11) is 0. The van der Waals surface area contributed by atoms with Crippen LogP contribution in [-0.4, -0.2) is 25.8 Å². The molecule has 1 atom stereocenters. The van der Waals surface area contributed by atoms with Crippen molar-refractivity contribution >= 4 is 17.3 Å². The second-order valence-electron chi connectivity index (χ2n) is 4.32. The molecule has 2 rings (SSSR count). The lowest BCUT2D eigenvalue weighted by Crippen LogP contribution is -2.42. The van der Waals surface area contributed by atoms with Gasteiger partial charge in [0, 0.05) is 30.3 Å². The summed E-state index contributed by atoms with van der Waals surface area (Å²) in [5.41, 5.74) is 8.08. The molecule has 0 amide bonds. The van der Waals surface area contributed by atoms with E-state index in [0.717, 1.165) is 36.7 Å². The molecule has 2 N–H and O–H groups in total. The molecule has 17 heavy (non-hydrogen) atoms. The molecule has 1 saturated heterocycles. The number of halogens is 1. The van der Waals surface area contributed by atoms with Crippen LogP contribution in [0.1, 0.15) is 18.9 Å². The van der Waals surface area contributed by atoms with Crippen molar-refractivity contribution in [1.29, 1.82) is 0 Å². The Kier molecular flexibility index (Phi) is 4.26. The van der Waals surface area contributed by atoms with Gasteiger partial charge in [-0.3, -0.25) is 0 Å². The maximum Gasteiger partial charge on any atom is 0.0748 e. The first-order chi connectivity index (χ1) is 8.24. The van der Waals surface area contributed by atoms with Crippen LogP contribution in [0.2, 0.25) is 5.02 Å². The molecule has 1 aromatic rings. The van der Waals surface area contributed by atoms with Gasteiger partial charge in [0.05, 0.1) is 12.7 Å². The highest BCUT2D eigenvalue weighted by Crippen LogP contribution is 2.26. The Labute approximate surface area is 107 Å². The number of hydrogen-bond acceptors (Lipinski definition) is 3. The standard InChI is InChI=1S/C13H19ClN2O/c1-2-12-9-16(5-6-17-12)13-4-3-11(14)7-10(13)8-15/h3-4,7,12H,2,5-6,8-9,15H2,1H3. The number of benzene rings is 1. The molecule has 0 spiro atoms. The van der Waals surface area contributed by atoms with Gasteiger partial charge in [-0.15, -0.1) is 0 Å². The zero-order valence-corrected chi connectivity index (χ0v) is 10.9. The van der Waals surface area contributed by atoms with Crippen LogP contribution in [0.3, 0.4) is 0 Å². The molecule has 1 aromatic carbocycles. The monoisotopic (exact) mass is 254 g/mol. The van der Waals surface area contributed by atoms with Gasteiger partial charge in [-0.25, -0.2) is 0 Å². The highest BCUT2D eigenvalue weighted by Gasteiger charge is 2.20. The van der Waals surface area contributed by atoms with Crippen molar-refractivity contribution in [2.24, 2.45) is 5.73 Å². The minimum Gasteiger partial charge on any atom is -0.375 e. The van der Waals surface area contributed by atoms with Crippen LogP contribution in [0.5, 0.6) is 0 Å². The SMILES string of the molecule is CCC1CN(c2ccc(Cl)cc2CN)CCO1. The molecule has 1 aliphatic heterocycles. The van der Waals surface area contributed by atoms with Crippen molar-refractivity contribution in [3.05, 3.63) is 28.8 Å². The number of nitrogens with zero attached hydrogens (tertiary/aromatic N) is 1. The number of nitrogens with two attached hydrogens (primary N) is 1. The minimum atomic E-state index is 0.324. The summed E-state index contributed by atoms with van der Waals surface area (Å²) in [5, 5.41) is 0.745. The first-order valence-electron chi connectivity index (χ1n) is 6.09. The smallest absolute Gasteiger partial charge is 0.0748 e. The van der Waals surface area contributed by atoms with Crippen LogP contribution in [-0.2, 0) is 11.3 Å². The van der Waals surface area contributed by atoms with Crippen molar-refractivity contribution in [3.8, 4) is 0 Å². The molecule has 1 unspecified atom stereocenters. The van der Waals surface area contributed by atoms with Crippen molar-refractivity contribution in [2.45, 2.75) is 26.0 Å². The summed E-state index contributed by atoms with van der Waals surface area (Å²) in [4.78, 5) is 2.34. The molecule has 0 bridgehead atoms. The average Bonchev–Trinajstić information content (AvgIpc) is 2.38. The van der Waals surface area contributed by atoms with E-state index in [1.807, 2.05) is 12.1 Å². The van der Waals surface area contributed by atoms with Crippen LogP contribution >= 0.6 is 11.6 Å². The number of ether oxygens (including phenoxy) is 1. The van der Waals surface area contributed by atoms with Gasteiger partial charge in [-0.1, -0.05) is 18.5 Å². The predicted molar refractivity (Wildman–Crippen MR) is 71.6 cm³/mol. The third-order valence-corrected chi connectivity index (χ3v) is 3.43. The summed E-state index contributed by atoms with van der Waals surface area (Å²) in [5.74, 6) is 0. The highest BCUT2D eigenvalue weighted by atomic mass is 35.5. The molecule has 3 nitrogen and oxygen atoms in total. The Morgan fingerprint density at radius 2 is 2.35 bits per heavy atom. The fourth-order valence-corrected chi connectivity index (χ4v) is 2.41. The van der Waals surface area contributed by atoms with Gasteiger partial charge < -0.3 is 15.4 Å². The molecule has 94 valence electrons. The maximum atomic E-state index is 5.99. The first kappa shape index (κ1) is 12.7. The van der Waals surface area contributed by atoms with E-state index in [-0.39, 0.29) is 0 Å². The quantitative estimate of drug-likeness (QED) is 0.900. The van der Waals surface area contributed by atoms with Crippen molar-refractivity contribution in [1.82, 2.24) is 0 Å². The molecule has 0 radical (unpaired) electrons. The Bertz CT molecular complexity index is 384. The normalized spacial score (nSPS) is 20.6. The van der Waals surface area contributed by atoms with E-state index in [2.05, 4.69) is 17.9 Å². The predicted octanol–water partition coefficient (Wildman–Crippen LogP) is 2.41. The largest absolute Gasteiger partial charge is 0.375 e. The van der Waals surface area contributed by atoms with E-state index in [1.54, 1.807) is 0 Å². The zero-order valence-electron chi connectivity index (χ0n) is 10.2. The van der Waals surface area contributed by atoms with Crippen LogP contribution in [0.4, 0.5) is 5.69 Å². The van der Waals surface area contributed by atoms with Crippen LogP contribution in [0, 0.1) is 0 Å². The summed E-state index contributed by atoms with van der Waals surface area (Å²) in [6.07, 6.45) is 1.37. The molecular weight excluding hydrogens is 236 g/mol. The molecular formula is C13H19ClN2O. The molecule has 0 aliphatic carbocycles. The van der Waals surface area contributed by atoms with Crippen LogP contribution in [0.15, 0.2) is 18.2 Å². The summed E-state index contributed by atoms with van der Waals surface area (Å²) in [6.45, 7) is 5.31. The van der Waals surface area contributed by atoms with Gasteiger partial charge in [0.2, 0.25) is 0 Å². The van der Waals surface area contributed by atoms with Gasteiger partial charge >= 0.3 is 0 Å². The van der Waals surface area contributed by atoms with Gasteiger partial charge in [0.15, 0.2) is 0 Å². The van der Waals surface area contributed by atoms with E-state index >= 15 is 0 Å². The van der Waals surface area contributed by atoms with E-state index in [1.165, 1.54) is 5.69 Å². The number of rotatable bonds is 3. The molecule has 1 heterocycles. The second-order valence-corrected chi connectivity index (χ2v) is 4.76. The van der Waals surface area contributed by atoms with Gasteiger partial charge in [0.25, 0.3) is 0 Å². The van der Waals surface area contributed by atoms with E-state index in [4.69, 9.17) is 22.1 Å². The molecule has 0 saturated carbocycles. The van der Waals surface area contributed by atoms with Crippen LogP contribution < -0.4 is 10.6 Å². The maximum absolute atomic E-state index is 5.99. The van der Waals surface area contributed by atoms with E-state index in [0.29, 0.717) is 12.6 Å². The van der Waals surface area contributed by atoms with Gasteiger partial charge in [-0.05, 0) is 30.2 Å². The minimum absolute atomic E-state index is 0.324. The highest BCUT2D eigenvalue weighted by molar-refractivity contribution is 6.30. The summed E-state index contributed by atoms with van der Waals surface area (Å²) in [6, 6.07) is 5.93. The molecule has 1 aliphatic rings. The lowest BCUT2D eigenvalue weighted by atomic mass is 10.1. The van der Waals surface area contributed by atoms with E-state index < -0.39 is 0 Å². The Hall–Kier alpha value is -0.770. The number of morpholine rings is 1. The Morgan fingerprint density at radius 3 is 3.06 bits per heavy atom. The number of hydrogen-bond donors (Lipinski definition) is 1. The molecule has 4 heteroatoms. The molecule has 1 fully saturated rings. The lowest BCUT2D eigenvalue weighted by Gasteiger charge is -2.35. The summed E-state index contributed by atoms with van der Waals surface area (Å²) < 4.78 is 5.68. The third kappa shape index (κ3) is 2.92. The van der Waals surface area contributed by atoms with Crippen LogP contribution in [0.25, 0.3) is 0 Å². The zero-order chi connectivity index (χ0) is 12.3. The fourth-order valence-electron chi connectivity index (χ4n) is 2.21. The Morgan fingerprint density at radius 1 is 1.53 bits per heavy atom. The van der Waals surface area contributed by atoms with Crippen molar-refractivity contribution < 1.29 is 4.74 Å². The first-order valence-corrected chi connectivity index (χ1v) is 6.47. The second kappa shape index (κ2) is 5.71. The number of anilines is 1. The van der Waals surface area contributed by atoms with E-state index in [9.17, 15) is 0 Å².